The molecule has 1 aromatic rings. The number of benzene rings is 1. The Balaban J connectivity index is 0.000000640. The molecule has 0 saturated heterocycles. The summed E-state index contributed by atoms with van der Waals surface area (Å²) in [5.41, 5.74) is 0. The van der Waals surface area contributed by atoms with Crippen LogP contribution in [0.2, 0.25) is 0 Å². The van der Waals surface area contributed by atoms with Gasteiger partial charge >= 0.3 is 0 Å². The smallest absolute Gasteiger partial charge is 0.136 e. The second-order valence-corrected chi connectivity index (χ2v) is 1.93. The fourth-order valence-corrected chi connectivity index (χ4v) is 0.612. The maximum atomic E-state index is 12.2. The Labute approximate surface area is 64.9 Å². The summed E-state index contributed by atoms with van der Waals surface area (Å²) in [5.74, 6) is -0.268. The van der Waals surface area contributed by atoms with Crippen molar-refractivity contribution in [2.45, 2.75) is 4.90 Å². The molecule has 9 heavy (non-hydrogen) atoms. The molecule has 0 bridgehead atoms. The summed E-state index contributed by atoms with van der Waals surface area (Å²) >= 11 is 3.82. The van der Waals surface area contributed by atoms with Crippen LogP contribution in [0.3, 0.4) is 0 Å². The first-order valence-corrected chi connectivity index (χ1v) is 2.69. The van der Waals surface area contributed by atoms with Crippen molar-refractivity contribution in [2.75, 3.05) is 0 Å². The summed E-state index contributed by atoms with van der Waals surface area (Å²) < 4.78 is 12.2. The largest absolute Gasteiger partial charge is 0.206 e. The fourth-order valence-electron chi connectivity index (χ4n) is 0.452. The summed E-state index contributed by atoms with van der Waals surface area (Å²) in [6.45, 7) is 0. The van der Waals surface area contributed by atoms with Crippen LogP contribution in [0, 0.1) is 5.82 Å². The first kappa shape index (κ1) is 8.79. The molecule has 1 aromatic carbocycles. The summed E-state index contributed by atoms with van der Waals surface area (Å²) in [4.78, 5) is 0.396. The minimum Gasteiger partial charge on any atom is -0.206 e. The summed E-state index contributed by atoms with van der Waals surface area (Å²) in [6.07, 6.45) is 0. The number of halogens is 2. The third kappa shape index (κ3) is 2.24. The van der Waals surface area contributed by atoms with Crippen molar-refractivity contribution in [3.63, 3.8) is 0 Å². The quantitative estimate of drug-likeness (QED) is 0.560. The van der Waals surface area contributed by atoms with E-state index in [0.717, 1.165) is 0 Å². The van der Waals surface area contributed by atoms with E-state index in [2.05, 4.69) is 12.6 Å². The van der Waals surface area contributed by atoms with Crippen LogP contribution in [0.4, 0.5) is 4.39 Å². The SMILES string of the molecule is Cl.Fc1ccccc1S. The third-order valence-electron chi connectivity index (χ3n) is 0.852. The van der Waals surface area contributed by atoms with Gasteiger partial charge in [-0.2, -0.15) is 0 Å². The predicted molar refractivity (Wildman–Crippen MR) is 40.9 cm³/mol. The van der Waals surface area contributed by atoms with Crippen molar-refractivity contribution < 1.29 is 4.39 Å². The van der Waals surface area contributed by atoms with Crippen molar-refractivity contribution in [3.05, 3.63) is 30.1 Å². The van der Waals surface area contributed by atoms with E-state index in [1.807, 2.05) is 0 Å². The number of hydrogen-bond donors (Lipinski definition) is 1. The molecule has 1 rings (SSSR count). The molecule has 0 aliphatic heterocycles. The van der Waals surface area contributed by atoms with E-state index in [1.165, 1.54) is 6.07 Å². The third-order valence-corrected chi connectivity index (χ3v) is 1.22. The van der Waals surface area contributed by atoms with Crippen LogP contribution in [-0.2, 0) is 0 Å². The molecule has 0 unspecified atom stereocenters. The van der Waals surface area contributed by atoms with Gasteiger partial charge in [-0.05, 0) is 12.1 Å². The van der Waals surface area contributed by atoms with Gasteiger partial charge in [0.1, 0.15) is 5.82 Å². The molecule has 0 aromatic heterocycles. The van der Waals surface area contributed by atoms with Gasteiger partial charge < -0.3 is 0 Å². The average molecular weight is 165 g/mol. The van der Waals surface area contributed by atoms with Gasteiger partial charge in [0.2, 0.25) is 0 Å². The lowest BCUT2D eigenvalue weighted by Crippen LogP contribution is -1.71. The Kier molecular flexibility index (Phi) is 3.66. The fraction of sp³-hybridized carbons (Fsp3) is 0. The zero-order valence-electron chi connectivity index (χ0n) is 4.54. The highest BCUT2D eigenvalue weighted by molar-refractivity contribution is 7.80. The van der Waals surface area contributed by atoms with E-state index in [1.54, 1.807) is 18.2 Å². The molecule has 0 heterocycles. The molecule has 0 atom stereocenters. The summed E-state index contributed by atoms with van der Waals surface area (Å²) in [7, 11) is 0. The standard InChI is InChI=1S/C6H5FS.ClH/c7-5-3-1-2-4-6(5)8;/h1-4,8H;1H. The molecule has 3 heteroatoms. The van der Waals surface area contributed by atoms with Crippen molar-refractivity contribution >= 4 is 25.0 Å². The predicted octanol–water partition coefficient (Wildman–Crippen LogP) is 2.54. The highest BCUT2D eigenvalue weighted by atomic mass is 35.5. The molecule has 0 radical (unpaired) electrons. The molecule has 0 fully saturated rings. The van der Waals surface area contributed by atoms with Gasteiger partial charge in [0.05, 0.1) is 0 Å². The minimum atomic E-state index is -0.268. The Morgan fingerprint density at radius 3 is 2.11 bits per heavy atom. The molecular formula is C6H6ClFS. The van der Waals surface area contributed by atoms with Crippen LogP contribution < -0.4 is 0 Å². The summed E-state index contributed by atoms with van der Waals surface area (Å²) in [6, 6.07) is 6.36. The van der Waals surface area contributed by atoms with Crippen LogP contribution in [-0.4, -0.2) is 0 Å². The van der Waals surface area contributed by atoms with E-state index in [0.29, 0.717) is 4.90 Å². The van der Waals surface area contributed by atoms with Crippen LogP contribution >= 0.6 is 25.0 Å². The van der Waals surface area contributed by atoms with E-state index in [4.69, 9.17) is 0 Å². The highest BCUT2D eigenvalue weighted by Gasteiger charge is 1.89. The van der Waals surface area contributed by atoms with Crippen molar-refractivity contribution in [3.8, 4) is 0 Å². The van der Waals surface area contributed by atoms with Gasteiger partial charge in [0.15, 0.2) is 0 Å². The first-order valence-electron chi connectivity index (χ1n) is 2.24. The Bertz CT molecular complexity index is 169. The minimum absolute atomic E-state index is 0. The molecule has 50 valence electrons. The van der Waals surface area contributed by atoms with E-state index in [9.17, 15) is 4.39 Å². The Hall–Kier alpha value is -0.210. The lowest BCUT2D eigenvalue weighted by Gasteiger charge is -1.88. The molecule has 0 saturated carbocycles. The molecule has 0 aliphatic rings. The Morgan fingerprint density at radius 2 is 1.78 bits per heavy atom. The topological polar surface area (TPSA) is 0 Å². The van der Waals surface area contributed by atoms with Crippen LogP contribution in [0.25, 0.3) is 0 Å². The monoisotopic (exact) mass is 164 g/mol. The van der Waals surface area contributed by atoms with Crippen molar-refractivity contribution in [1.82, 2.24) is 0 Å². The number of thiol groups is 1. The van der Waals surface area contributed by atoms with Gasteiger partial charge in [-0.15, -0.1) is 25.0 Å². The Morgan fingerprint density at radius 1 is 1.22 bits per heavy atom. The van der Waals surface area contributed by atoms with Crippen molar-refractivity contribution in [2.24, 2.45) is 0 Å². The molecule has 0 amide bonds. The normalized spacial score (nSPS) is 8.22. The van der Waals surface area contributed by atoms with Gasteiger partial charge in [-0.3, -0.25) is 0 Å². The highest BCUT2D eigenvalue weighted by Crippen LogP contribution is 2.08. The van der Waals surface area contributed by atoms with Crippen LogP contribution in [0.5, 0.6) is 0 Å². The van der Waals surface area contributed by atoms with E-state index < -0.39 is 0 Å². The zero-order chi connectivity index (χ0) is 5.98. The molecular weight excluding hydrogens is 159 g/mol. The van der Waals surface area contributed by atoms with Gasteiger partial charge in [-0.1, -0.05) is 12.1 Å². The first-order chi connectivity index (χ1) is 3.80. The maximum absolute atomic E-state index is 12.2. The zero-order valence-corrected chi connectivity index (χ0v) is 6.25. The lowest BCUT2D eigenvalue weighted by molar-refractivity contribution is 0.602. The van der Waals surface area contributed by atoms with Gasteiger partial charge in [0.25, 0.3) is 0 Å². The number of rotatable bonds is 0. The van der Waals surface area contributed by atoms with Crippen LogP contribution in [0.15, 0.2) is 29.2 Å². The number of hydrogen-bond acceptors (Lipinski definition) is 1. The summed E-state index contributed by atoms with van der Waals surface area (Å²) in [5, 5.41) is 0. The average Bonchev–Trinajstić information content (AvgIpc) is 1.77. The van der Waals surface area contributed by atoms with E-state index in [-0.39, 0.29) is 18.2 Å². The second kappa shape index (κ2) is 3.75. The van der Waals surface area contributed by atoms with Gasteiger partial charge in [0, 0.05) is 4.90 Å². The van der Waals surface area contributed by atoms with Gasteiger partial charge in [-0.25, -0.2) is 4.39 Å². The lowest BCUT2D eigenvalue weighted by atomic mass is 10.4. The maximum Gasteiger partial charge on any atom is 0.136 e. The molecule has 0 spiro atoms. The van der Waals surface area contributed by atoms with Crippen LogP contribution in [0.1, 0.15) is 0 Å². The van der Waals surface area contributed by atoms with E-state index >= 15 is 0 Å². The molecule has 0 nitrogen and oxygen atoms in total. The second-order valence-electron chi connectivity index (χ2n) is 1.45. The molecule has 0 aliphatic carbocycles. The molecule has 0 N–H and O–H groups in total. The van der Waals surface area contributed by atoms with Crippen molar-refractivity contribution in [1.29, 1.82) is 0 Å².